The van der Waals surface area contributed by atoms with E-state index in [2.05, 4.69) is 20.4 Å². The number of nitrogens with two attached hydrogens (primary N) is 1. The first-order chi connectivity index (χ1) is 7.58. The van der Waals surface area contributed by atoms with Crippen molar-refractivity contribution in [3.05, 3.63) is 12.0 Å². The Bertz CT molecular complexity index is 390. The van der Waals surface area contributed by atoms with Gasteiger partial charge in [-0.2, -0.15) is 11.6 Å². The summed E-state index contributed by atoms with van der Waals surface area (Å²) in [5.74, 6) is 0.279. The standard InChI is InChI=1S/C11H21BNO2S2/c1-5-16-12-9-6-17(14,15)8-11(4,13)7-10(9,2)3/h5,9H,1,6-8,13H2,2-4H3. The summed E-state index contributed by atoms with van der Waals surface area (Å²) in [5.41, 5.74) is 5.36. The molecule has 2 unspecified atom stereocenters. The van der Waals surface area contributed by atoms with E-state index in [1.54, 1.807) is 5.41 Å². The molecule has 17 heavy (non-hydrogen) atoms. The number of rotatable bonds is 3. The highest BCUT2D eigenvalue weighted by atomic mass is 32.2. The predicted octanol–water partition coefficient (Wildman–Crippen LogP) is 1.83. The molecule has 1 saturated heterocycles. The zero-order valence-electron chi connectivity index (χ0n) is 10.8. The number of sulfone groups is 1. The lowest BCUT2D eigenvalue weighted by Gasteiger charge is -2.35. The van der Waals surface area contributed by atoms with Crippen molar-refractivity contribution in [2.45, 2.75) is 38.5 Å². The molecule has 1 aliphatic rings. The van der Waals surface area contributed by atoms with E-state index in [-0.39, 0.29) is 22.7 Å². The van der Waals surface area contributed by atoms with Gasteiger partial charge in [0.1, 0.15) is 0 Å². The van der Waals surface area contributed by atoms with Crippen LogP contribution in [0.2, 0.25) is 5.82 Å². The topological polar surface area (TPSA) is 60.2 Å². The van der Waals surface area contributed by atoms with E-state index in [9.17, 15) is 8.42 Å². The molecule has 0 bridgehead atoms. The van der Waals surface area contributed by atoms with E-state index >= 15 is 0 Å². The lowest BCUT2D eigenvalue weighted by atomic mass is 9.63. The molecule has 1 heterocycles. The lowest BCUT2D eigenvalue weighted by Crippen LogP contribution is -2.44. The average molecular weight is 274 g/mol. The Hall–Kier alpha value is 0.0649. The van der Waals surface area contributed by atoms with Crippen LogP contribution < -0.4 is 5.73 Å². The monoisotopic (exact) mass is 274 g/mol. The molecule has 1 radical (unpaired) electrons. The second kappa shape index (κ2) is 4.98. The quantitative estimate of drug-likeness (QED) is 0.798. The normalized spacial score (nSPS) is 35.9. The molecule has 0 aromatic heterocycles. The summed E-state index contributed by atoms with van der Waals surface area (Å²) < 4.78 is 24.0. The second-order valence-electron chi connectivity index (χ2n) is 5.92. The average Bonchev–Trinajstić information content (AvgIpc) is 2.12. The first-order valence-electron chi connectivity index (χ1n) is 5.67. The summed E-state index contributed by atoms with van der Waals surface area (Å²) in [5, 5.41) is 1.72. The van der Waals surface area contributed by atoms with Crippen LogP contribution >= 0.6 is 11.6 Å². The molecule has 0 amide bonds. The minimum atomic E-state index is -3.08. The van der Waals surface area contributed by atoms with Crippen molar-refractivity contribution < 1.29 is 8.42 Å². The SMILES string of the molecule is C=CS[B]C1CS(=O)(=O)CC(C)(N)CC1(C)C. The largest absolute Gasteiger partial charge is 0.324 e. The fraction of sp³-hybridized carbons (Fsp3) is 0.818. The van der Waals surface area contributed by atoms with Crippen LogP contribution in [0.5, 0.6) is 0 Å². The van der Waals surface area contributed by atoms with Crippen LogP contribution in [0.3, 0.4) is 0 Å². The zero-order chi connectivity index (χ0) is 13.3. The third kappa shape index (κ3) is 4.34. The van der Waals surface area contributed by atoms with Crippen molar-refractivity contribution in [2.24, 2.45) is 11.1 Å². The van der Waals surface area contributed by atoms with E-state index in [0.29, 0.717) is 6.42 Å². The minimum Gasteiger partial charge on any atom is -0.324 e. The first-order valence-corrected chi connectivity index (χ1v) is 8.43. The number of hydrogen-bond donors (Lipinski definition) is 1. The molecule has 0 spiro atoms. The van der Waals surface area contributed by atoms with Gasteiger partial charge < -0.3 is 5.73 Å². The molecule has 0 aliphatic carbocycles. The highest BCUT2D eigenvalue weighted by Crippen LogP contribution is 2.43. The van der Waals surface area contributed by atoms with E-state index in [4.69, 9.17) is 5.73 Å². The van der Waals surface area contributed by atoms with E-state index < -0.39 is 15.4 Å². The second-order valence-corrected chi connectivity index (χ2v) is 8.91. The molecule has 2 N–H and O–H groups in total. The van der Waals surface area contributed by atoms with Gasteiger partial charge >= 0.3 is 0 Å². The molecular weight excluding hydrogens is 253 g/mol. The Morgan fingerprint density at radius 1 is 1.47 bits per heavy atom. The van der Waals surface area contributed by atoms with Crippen molar-refractivity contribution >= 4 is 28.0 Å². The number of hydrogen-bond acceptors (Lipinski definition) is 4. The van der Waals surface area contributed by atoms with Crippen LogP contribution in [0.25, 0.3) is 0 Å². The van der Waals surface area contributed by atoms with Crippen molar-refractivity contribution in [1.29, 1.82) is 0 Å². The van der Waals surface area contributed by atoms with Gasteiger partial charge in [0.25, 0.3) is 0 Å². The highest BCUT2D eigenvalue weighted by molar-refractivity contribution is 8.24. The van der Waals surface area contributed by atoms with Gasteiger partial charge in [0.05, 0.1) is 5.75 Å². The van der Waals surface area contributed by atoms with Crippen molar-refractivity contribution in [3.8, 4) is 0 Å². The molecule has 0 aromatic rings. The summed E-state index contributed by atoms with van der Waals surface area (Å²) >= 11 is 1.46. The summed E-state index contributed by atoms with van der Waals surface area (Å²) in [6.07, 6.45) is 0.706. The Morgan fingerprint density at radius 3 is 2.59 bits per heavy atom. The first kappa shape index (κ1) is 15.1. The molecule has 1 rings (SSSR count). The van der Waals surface area contributed by atoms with Crippen LogP contribution in [0.4, 0.5) is 0 Å². The summed E-state index contributed by atoms with van der Waals surface area (Å²) in [4.78, 5) is 0. The molecule has 97 valence electrons. The third-order valence-electron chi connectivity index (χ3n) is 3.19. The van der Waals surface area contributed by atoms with Crippen molar-refractivity contribution in [1.82, 2.24) is 0 Å². The van der Waals surface area contributed by atoms with Crippen LogP contribution in [-0.4, -0.2) is 32.0 Å². The molecular formula is C11H21BNO2S2. The van der Waals surface area contributed by atoms with Crippen LogP contribution in [0, 0.1) is 5.41 Å². The van der Waals surface area contributed by atoms with Crippen LogP contribution in [0.15, 0.2) is 12.0 Å². The third-order valence-corrected chi connectivity index (χ3v) is 5.83. The van der Waals surface area contributed by atoms with E-state index in [0.717, 1.165) is 0 Å². The summed E-state index contributed by atoms with van der Waals surface area (Å²) in [7, 11) is -3.08. The van der Waals surface area contributed by atoms with Crippen LogP contribution in [-0.2, 0) is 9.84 Å². The summed E-state index contributed by atoms with van der Waals surface area (Å²) in [6.45, 7) is 11.6. The molecule has 3 nitrogen and oxygen atoms in total. The maximum atomic E-state index is 12.0. The maximum Gasteiger partial charge on any atom is 0.202 e. The molecule has 0 aromatic carbocycles. The Balaban J connectivity index is 3.00. The fourth-order valence-corrected chi connectivity index (χ4v) is 5.86. The van der Waals surface area contributed by atoms with Crippen LogP contribution in [0.1, 0.15) is 27.2 Å². The molecule has 1 aliphatic heterocycles. The highest BCUT2D eigenvalue weighted by Gasteiger charge is 2.43. The Labute approximate surface area is 110 Å². The summed E-state index contributed by atoms with van der Waals surface area (Å²) in [6, 6.07) is 0. The van der Waals surface area contributed by atoms with Gasteiger partial charge in [-0.25, -0.2) is 8.42 Å². The van der Waals surface area contributed by atoms with Crippen molar-refractivity contribution in [2.75, 3.05) is 11.5 Å². The molecule has 2 atom stereocenters. The van der Waals surface area contributed by atoms with Gasteiger partial charge in [-0.15, -0.1) is 0 Å². The molecule has 1 fully saturated rings. The van der Waals surface area contributed by atoms with Gasteiger partial charge in [-0.05, 0) is 30.0 Å². The molecule has 6 heteroatoms. The lowest BCUT2D eigenvalue weighted by molar-refractivity contribution is 0.262. The zero-order valence-corrected chi connectivity index (χ0v) is 12.4. The van der Waals surface area contributed by atoms with Gasteiger partial charge in [0.2, 0.25) is 6.56 Å². The Morgan fingerprint density at radius 2 is 2.06 bits per heavy atom. The maximum absolute atomic E-state index is 12.0. The van der Waals surface area contributed by atoms with Crippen molar-refractivity contribution in [3.63, 3.8) is 0 Å². The van der Waals surface area contributed by atoms with E-state index in [1.807, 2.05) is 13.5 Å². The van der Waals surface area contributed by atoms with Gasteiger partial charge in [0.15, 0.2) is 9.84 Å². The molecule has 0 saturated carbocycles. The Kier molecular flexibility index (Phi) is 4.43. The smallest absolute Gasteiger partial charge is 0.202 e. The van der Waals surface area contributed by atoms with E-state index in [1.165, 1.54) is 11.6 Å². The minimum absolute atomic E-state index is 0.0147. The predicted molar refractivity (Wildman–Crippen MR) is 76.9 cm³/mol. The van der Waals surface area contributed by atoms with Gasteiger partial charge in [-0.3, -0.25) is 0 Å². The van der Waals surface area contributed by atoms with Gasteiger partial charge in [0, 0.05) is 11.3 Å². The fourth-order valence-electron chi connectivity index (χ4n) is 2.66. The van der Waals surface area contributed by atoms with Gasteiger partial charge in [-0.1, -0.05) is 20.4 Å².